The van der Waals surface area contributed by atoms with Gasteiger partial charge in [-0.1, -0.05) is 0 Å². The van der Waals surface area contributed by atoms with E-state index in [-0.39, 0.29) is 17.0 Å². The molecule has 4 aromatic heterocycles. The smallest absolute Gasteiger partial charge is 0.256 e. The number of pyridine rings is 2. The molecule has 0 aliphatic rings. The molecule has 166 valence electrons. The van der Waals surface area contributed by atoms with Crippen LogP contribution in [0.25, 0.3) is 22.3 Å². The van der Waals surface area contributed by atoms with E-state index in [2.05, 4.69) is 15.4 Å². The third-order valence-corrected chi connectivity index (χ3v) is 5.99. The standard InChI is InChI=1S/C22H23N5O4S/c1-12(2)27-21-18(11-24-27)17(9-19(26-21)16-8-13(3)31-14(16)4)22(28)25-15-6-7-20(23-10-15)32(5,29)30/h6-12H,1-5H3,(H,25,28). The second-order valence-electron chi connectivity index (χ2n) is 7.91. The van der Waals surface area contributed by atoms with Crippen LogP contribution < -0.4 is 5.32 Å². The summed E-state index contributed by atoms with van der Waals surface area (Å²) in [4.78, 5) is 21.9. The monoisotopic (exact) mass is 453 g/mol. The van der Waals surface area contributed by atoms with Crippen LogP contribution in [-0.4, -0.2) is 40.3 Å². The van der Waals surface area contributed by atoms with Crippen molar-refractivity contribution < 1.29 is 17.6 Å². The number of furan rings is 1. The molecule has 4 rings (SSSR count). The summed E-state index contributed by atoms with van der Waals surface area (Å²) < 4.78 is 30.7. The maximum absolute atomic E-state index is 13.2. The molecule has 1 N–H and O–H groups in total. The Morgan fingerprint density at radius 1 is 1.16 bits per heavy atom. The lowest BCUT2D eigenvalue weighted by atomic mass is 10.1. The van der Waals surface area contributed by atoms with Crippen molar-refractivity contribution in [2.45, 2.75) is 38.8 Å². The molecule has 0 saturated heterocycles. The highest BCUT2D eigenvalue weighted by molar-refractivity contribution is 7.90. The minimum atomic E-state index is -3.42. The average Bonchev–Trinajstić information content (AvgIpc) is 3.29. The number of hydrogen-bond acceptors (Lipinski definition) is 7. The van der Waals surface area contributed by atoms with Gasteiger partial charge < -0.3 is 9.73 Å². The fourth-order valence-electron chi connectivity index (χ4n) is 3.48. The Bertz CT molecular complexity index is 1430. The first kappa shape index (κ1) is 21.7. The zero-order valence-electron chi connectivity index (χ0n) is 18.4. The van der Waals surface area contributed by atoms with Gasteiger partial charge in [0.1, 0.15) is 11.5 Å². The maximum Gasteiger partial charge on any atom is 0.256 e. The first-order valence-corrected chi connectivity index (χ1v) is 11.9. The van der Waals surface area contributed by atoms with E-state index in [1.807, 2.05) is 33.8 Å². The first-order valence-electron chi connectivity index (χ1n) is 9.97. The highest BCUT2D eigenvalue weighted by Gasteiger charge is 2.20. The first-order chi connectivity index (χ1) is 15.0. The Hall–Kier alpha value is -3.53. The molecule has 0 atom stereocenters. The molecular formula is C22H23N5O4S. The van der Waals surface area contributed by atoms with Crippen molar-refractivity contribution in [3.05, 3.63) is 53.7 Å². The van der Waals surface area contributed by atoms with Crippen LogP contribution in [0.15, 0.2) is 46.1 Å². The van der Waals surface area contributed by atoms with Gasteiger partial charge >= 0.3 is 0 Å². The van der Waals surface area contributed by atoms with Crippen molar-refractivity contribution >= 4 is 32.5 Å². The second-order valence-corrected chi connectivity index (χ2v) is 9.88. The number of carbonyl (C=O) groups is 1. The number of fused-ring (bicyclic) bond motifs is 1. The number of aromatic nitrogens is 4. The van der Waals surface area contributed by atoms with Gasteiger partial charge in [-0.3, -0.25) is 4.79 Å². The molecule has 0 aromatic carbocycles. The van der Waals surface area contributed by atoms with Crippen LogP contribution in [0.2, 0.25) is 0 Å². The molecule has 0 saturated carbocycles. The van der Waals surface area contributed by atoms with Crippen LogP contribution >= 0.6 is 0 Å². The van der Waals surface area contributed by atoms with Crippen LogP contribution in [0.4, 0.5) is 5.69 Å². The lowest BCUT2D eigenvalue weighted by Crippen LogP contribution is -2.14. The zero-order chi connectivity index (χ0) is 23.2. The Morgan fingerprint density at radius 2 is 1.91 bits per heavy atom. The Labute approximate surface area is 185 Å². The quantitative estimate of drug-likeness (QED) is 0.486. The fourth-order valence-corrected chi connectivity index (χ4v) is 4.04. The predicted octanol–water partition coefficient (Wildman–Crippen LogP) is 3.94. The summed E-state index contributed by atoms with van der Waals surface area (Å²) >= 11 is 0. The highest BCUT2D eigenvalue weighted by Crippen LogP contribution is 2.30. The van der Waals surface area contributed by atoms with Crippen LogP contribution in [0.3, 0.4) is 0 Å². The number of carbonyl (C=O) groups excluding carboxylic acids is 1. The number of amides is 1. The van der Waals surface area contributed by atoms with E-state index in [1.54, 1.807) is 16.9 Å². The third kappa shape index (κ3) is 4.01. The molecule has 10 heteroatoms. The number of aryl methyl sites for hydroxylation is 2. The van der Waals surface area contributed by atoms with Crippen molar-refractivity contribution in [3.8, 4) is 11.3 Å². The number of sulfone groups is 1. The minimum Gasteiger partial charge on any atom is -0.466 e. The average molecular weight is 454 g/mol. The van der Waals surface area contributed by atoms with Crippen molar-refractivity contribution in [1.82, 2.24) is 19.7 Å². The number of hydrogen-bond donors (Lipinski definition) is 1. The van der Waals surface area contributed by atoms with Crippen molar-refractivity contribution in [1.29, 1.82) is 0 Å². The summed E-state index contributed by atoms with van der Waals surface area (Å²) in [5.74, 6) is 1.07. The molecule has 0 unspecified atom stereocenters. The highest BCUT2D eigenvalue weighted by atomic mass is 32.2. The summed E-state index contributed by atoms with van der Waals surface area (Å²) in [7, 11) is -3.42. The largest absolute Gasteiger partial charge is 0.466 e. The van der Waals surface area contributed by atoms with E-state index in [4.69, 9.17) is 9.40 Å². The summed E-state index contributed by atoms with van der Waals surface area (Å²) in [5, 5.41) is 7.75. The van der Waals surface area contributed by atoms with E-state index >= 15 is 0 Å². The Balaban J connectivity index is 1.80. The predicted molar refractivity (Wildman–Crippen MR) is 120 cm³/mol. The summed E-state index contributed by atoms with van der Waals surface area (Å²) in [5.41, 5.74) is 2.76. The molecule has 0 radical (unpaired) electrons. The number of nitrogens with zero attached hydrogens (tertiary/aromatic N) is 4. The fraction of sp³-hybridized carbons (Fsp3) is 0.273. The van der Waals surface area contributed by atoms with Gasteiger partial charge in [0.15, 0.2) is 20.5 Å². The van der Waals surface area contributed by atoms with Crippen molar-refractivity contribution in [2.75, 3.05) is 11.6 Å². The molecule has 0 aliphatic heterocycles. The Morgan fingerprint density at radius 3 is 2.47 bits per heavy atom. The van der Waals surface area contributed by atoms with Gasteiger partial charge in [-0.2, -0.15) is 5.10 Å². The van der Waals surface area contributed by atoms with E-state index in [0.29, 0.717) is 33.7 Å². The molecule has 9 nitrogen and oxygen atoms in total. The van der Waals surface area contributed by atoms with E-state index in [1.165, 1.54) is 18.3 Å². The maximum atomic E-state index is 13.2. The van der Waals surface area contributed by atoms with E-state index in [0.717, 1.165) is 17.6 Å². The van der Waals surface area contributed by atoms with Crippen LogP contribution in [0, 0.1) is 13.8 Å². The molecular weight excluding hydrogens is 430 g/mol. The van der Waals surface area contributed by atoms with Gasteiger partial charge in [0.2, 0.25) is 0 Å². The zero-order valence-corrected chi connectivity index (χ0v) is 19.2. The van der Waals surface area contributed by atoms with Crippen molar-refractivity contribution in [2.24, 2.45) is 0 Å². The second kappa shape index (κ2) is 7.86. The van der Waals surface area contributed by atoms with Gasteiger partial charge in [-0.25, -0.2) is 23.1 Å². The molecule has 0 aliphatic carbocycles. The lowest BCUT2D eigenvalue weighted by Gasteiger charge is -2.11. The molecule has 0 bridgehead atoms. The lowest BCUT2D eigenvalue weighted by molar-refractivity contribution is 0.102. The van der Waals surface area contributed by atoms with Crippen LogP contribution in [0.1, 0.15) is 41.8 Å². The van der Waals surface area contributed by atoms with Gasteiger partial charge in [-0.05, 0) is 52.0 Å². The van der Waals surface area contributed by atoms with Gasteiger partial charge in [0.05, 0.1) is 34.7 Å². The molecule has 1 amide bonds. The van der Waals surface area contributed by atoms with E-state index in [9.17, 15) is 13.2 Å². The molecule has 32 heavy (non-hydrogen) atoms. The summed E-state index contributed by atoms with van der Waals surface area (Å²) in [6.07, 6.45) is 4.02. The normalized spacial score (nSPS) is 11.9. The minimum absolute atomic E-state index is 0.0473. The number of nitrogens with one attached hydrogen (secondary N) is 1. The molecule has 4 aromatic rings. The van der Waals surface area contributed by atoms with Gasteiger partial charge in [0.25, 0.3) is 5.91 Å². The molecule has 4 heterocycles. The number of rotatable bonds is 5. The Kier molecular flexibility index (Phi) is 5.33. The van der Waals surface area contributed by atoms with Gasteiger partial charge in [0, 0.05) is 17.9 Å². The SMILES string of the molecule is Cc1cc(-c2cc(C(=O)Nc3ccc(S(C)(=O)=O)nc3)c3cnn(C(C)C)c3n2)c(C)o1. The van der Waals surface area contributed by atoms with E-state index < -0.39 is 9.84 Å². The van der Waals surface area contributed by atoms with Gasteiger partial charge in [-0.15, -0.1) is 0 Å². The van der Waals surface area contributed by atoms with Crippen LogP contribution in [0.5, 0.6) is 0 Å². The topological polar surface area (TPSA) is 120 Å². The summed E-state index contributed by atoms with van der Waals surface area (Å²) in [6, 6.07) is 6.50. The molecule has 0 fully saturated rings. The van der Waals surface area contributed by atoms with Crippen molar-refractivity contribution in [3.63, 3.8) is 0 Å². The third-order valence-electron chi connectivity index (χ3n) is 4.99. The summed E-state index contributed by atoms with van der Waals surface area (Å²) in [6.45, 7) is 7.68. The molecule has 0 spiro atoms. The van der Waals surface area contributed by atoms with Crippen LogP contribution in [-0.2, 0) is 9.84 Å². The number of anilines is 1.